The molecule has 0 aliphatic carbocycles. The molecule has 0 unspecified atom stereocenters. The molecule has 1 aliphatic rings. The van der Waals surface area contributed by atoms with Gasteiger partial charge in [-0.3, -0.25) is 0 Å². The SMILES string of the molecule is CCOC(=O)[C@H]1O[C@]1(C)c1ccc(C)cc1. The zero-order valence-corrected chi connectivity index (χ0v) is 9.82. The summed E-state index contributed by atoms with van der Waals surface area (Å²) < 4.78 is 10.4. The van der Waals surface area contributed by atoms with Crippen LogP contribution in [-0.4, -0.2) is 18.7 Å². The maximum atomic E-state index is 11.5. The first kappa shape index (κ1) is 11.1. The predicted molar refractivity (Wildman–Crippen MR) is 60.0 cm³/mol. The molecule has 1 heterocycles. The second kappa shape index (κ2) is 3.91. The van der Waals surface area contributed by atoms with Crippen LogP contribution in [0.15, 0.2) is 24.3 Å². The van der Waals surface area contributed by atoms with Gasteiger partial charge >= 0.3 is 5.97 Å². The minimum absolute atomic E-state index is 0.273. The van der Waals surface area contributed by atoms with Gasteiger partial charge in [-0.1, -0.05) is 29.8 Å². The zero-order chi connectivity index (χ0) is 11.8. The van der Waals surface area contributed by atoms with Gasteiger partial charge in [0.1, 0.15) is 5.60 Å². The van der Waals surface area contributed by atoms with E-state index >= 15 is 0 Å². The minimum atomic E-state index is -0.500. The van der Waals surface area contributed by atoms with Crippen LogP contribution < -0.4 is 0 Å². The van der Waals surface area contributed by atoms with Crippen molar-refractivity contribution >= 4 is 5.97 Å². The third kappa shape index (κ3) is 1.83. The lowest BCUT2D eigenvalue weighted by atomic mass is 9.96. The van der Waals surface area contributed by atoms with Crippen LogP contribution in [0, 0.1) is 6.92 Å². The van der Waals surface area contributed by atoms with E-state index in [1.165, 1.54) is 5.56 Å². The summed E-state index contributed by atoms with van der Waals surface area (Å²) in [6.45, 7) is 6.13. The lowest BCUT2D eigenvalue weighted by Crippen LogP contribution is -2.18. The largest absolute Gasteiger partial charge is 0.464 e. The van der Waals surface area contributed by atoms with E-state index in [2.05, 4.69) is 0 Å². The molecule has 0 radical (unpaired) electrons. The highest BCUT2D eigenvalue weighted by Crippen LogP contribution is 2.46. The van der Waals surface area contributed by atoms with Crippen molar-refractivity contribution in [2.24, 2.45) is 0 Å². The monoisotopic (exact) mass is 220 g/mol. The Bertz CT molecular complexity index is 396. The number of epoxide rings is 1. The number of benzene rings is 1. The van der Waals surface area contributed by atoms with Crippen molar-refractivity contribution in [3.8, 4) is 0 Å². The maximum Gasteiger partial charge on any atom is 0.338 e. The van der Waals surface area contributed by atoms with Crippen molar-refractivity contribution in [2.45, 2.75) is 32.5 Å². The first-order valence-corrected chi connectivity index (χ1v) is 5.49. The summed E-state index contributed by atoms with van der Waals surface area (Å²) in [5.41, 5.74) is 1.72. The van der Waals surface area contributed by atoms with Gasteiger partial charge in [-0.2, -0.15) is 0 Å². The fourth-order valence-corrected chi connectivity index (χ4v) is 1.81. The third-order valence-electron chi connectivity index (χ3n) is 2.93. The van der Waals surface area contributed by atoms with E-state index in [0.717, 1.165) is 5.56 Å². The Kier molecular flexibility index (Phi) is 2.72. The number of hydrogen-bond acceptors (Lipinski definition) is 3. The molecule has 16 heavy (non-hydrogen) atoms. The van der Waals surface area contributed by atoms with Crippen molar-refractivity contribution in [1.29, 1.82) is 0 Å². The average Bonchev–Trinajstić information content (AvgIpc) is 2.93. The average molecular weight is 220 g/mol. The van der Waals surface area contributed by atoms with E-state index in [-0.39, 0.29) is 5.97 Å². The quantitative estimate of drug-likeness (QED) is 0.579. The topological polar surface area (TPSA) is 38.8 Å². The zero-order valence-electron chi connectivity index (χ0n) is 9.82. The van der Waals surface area contributed by atoms with Gasteiger partial charge in [0, 0.05) is 0 Å². The van der Waals surface area contributed by atoms with Crippen LogP contribution in [0.5, 0.6) is 0 Å². The van der Waals surface area contributed by atoms with E-state index in [4.69, 9.17) is 9.47 Å². The number of carbonyl (C=O) groups is 1. The molecule has 3 nitrogen and oxygen atoms in total. The lowest BCUT2D eigenvalue weighted by molar-refractivity contribution is -0.144. The Morgan fingerprint density at radius 3 is 2.62 bits per heavy atom. The summed E-state index contributed by atoms with van der Waals surface area (Å²) in [6, 6.07) is 8.03. The van der Waals surface area contributed by atoms with Crippen LogP contribution in [0.3, 0.4) is 0 Å². The van der Waals surface area contributed by atoms with Crippen LogP contribution in [0.2, 0.25) is 0 Å². The summed E-state index contributed by atoms with van der Waals surface area (Å²) in [5, 5.41) is 0. The Balaban J connectivity index is 2.12. The molecule has 86 valence electrons. The normalized spacial score (nSPS) is 27.6. The van der Waals surface area contributed by atoms with Gasteiger partial charge in [0.15, 0.2) is 6.10 Å². The van der Waals surface area contributed by atoms with Crippen molar-refractivity contribution in [3.05, 3.63) is 35.4 Å². The highest BCUT2D eigenvalue weighted by Gasteiger charge is 2.59. The maximum absolute atomic E-state index is 11.5. The second-order valence-electron chi connectivity index (χ2n) is 4.22. The molecule has 1 fully saturated rings. The van der Waals surface area contributed by atoms with Gasteiger partial charge in [0.2, 0.25) is 0 Å². The Hall–Kier alpha value is -1.35. The number of esters is 1. The number of carbonyl (C=O) groups excluding carboxylic acids is 1. The molecule has 2 atom stereocenters. The summed E-state index contributed by atoms with van der Waals surface area (Å²) in [7, 11) is 0. The fourth-order valence-electron chi connectivity index (χ4n) is 1.81. The standard InChI is InChI=1S/C13H16O3/c1-4-15-12(14)11-13(3,16-11)10-7-5-9(2)6-8-10/h5-8,11H,4H2,1-3H3/t11-,13-/m1/s1. The molecule has 1 saturated heterocycles. The Labute approximate surface area is 95.4 Å². The molecule has 3 heteroatoms. The third-order valence-corrected chi connectivity index (χ3v) is 2.93. The Morgan fingerprint density at radius 1 is 1.44 bits per heavy atom. The molecular formula is C13H16O3. The first-order chi connectivity index (χ1) is 7.58. The molecule has 0 aromatic heterocycles. The molecule has 0 saturated carbocycles. The van der Waals surface area contributed by atoms with Crippen LogP contribution >= 0.6 is 0 Å². The summed E-state index contributed by atoms with van der Waals surface area (Å²) in [5.74, 6) is -0.273. The van der Waals surface area contributed by atoms with Gasteiger partial charge in [0.25, 0.3) is 0 Å². The lowest BCUT2D eigenvalue weighted by Gasteiger charge is -2.06. The number of ether oxygens (including phenoxy) is 2. The summed E-state index contributed by atoms with van der Waals surface area (Å²) >= 11 is 0. The molecule has 2 rings (SSSR count). The van der Waals surface area contributed by atoms with Gasteiger partial charge in [-0.25, -0.2) is 4.79 Å². The van der Waals surface area contributed by atoms with E-state index in [9.17, 15) is 4.79 Å². The first-order valence-electron chi connectivity index (χ1n) is 5.49. The van der Waals surface area contributed by atoms with Crippen molar-refractivity contribution in [2.75, 3.05) is 6.61 Å². The van der Waals surface area contributed by atoms with Gasteiger partial charge in [0.05, 0.1) is 6.61 Å². The number of aryl methyl sites for hydroxylation is 1. The molecule has 0 bridgehead atoms. The van der Waals surface area contributed by atoms with Gasteiger partial charge in [-0.05, 0) is 26.3 Å². The molecule has 0 spiro atoms. The van der Waals surface area contributed by atoms with E-state index < -0.39 is 11.7 Å². The van der Waals surface area contributed by atoms with Crippen LogP contribution in [0.4, 0.5) is 0 Å². The van der Waals surface area contributed by atoms with Crippen LogP contribution in [0.1, 0.15) is 25.0 Å². The molecule has 1 aliphatic heterocycles. The summed E-state index contributed by atoms with van der Waals surface area (Å²) in [4.78, 5) is 11.5. The number of rotatable bonds is 3. The fraction of sp³-hybridized carbons (Fsp3) is 0.462. The number of hydrogen-bond donors (Lipinski definition) is 0. The molecule has 1 aromatic carbocycles. The molecule has 0 amide bonds. The Morgan fingerprint density at radius 2 is 2.06 bits per heavy atom. The molecule has 0 N–H and O–H groups in total. The van der Waals surface area contributed by atoms with Crippen LogP contribution in [-0.2, 0) is 19.9 Å². The van der Waals surface area contributed by atoms with E-state index in [1.807, 2.05) is 38.1 Å². The second-order valence-corrected chi connectivity index (χ2v) is 4.22. The van der Waals surface area contributed by atoms with Gasteiger partial charge < -0.3 is 9.47 Å². The van der Waals surface area contributed by atoms with Crippen LogP contribution in [0.25, 0.3) is 0 Å². The van der Waals surface area contributed by atoms with Gasteiger partial charge in [-0.15, -0.1) is 0 Å². The molecular weight excluding hydrogens is 204 g/mol. The minimum Gasteiger partial charge on any atom is -0.464 e. The smallest absolute Gasteiger partial charge is 0.338 e. The highest BCUT2D eigenvalue weighted by atomic mass is 16.7. The van der Waals surface area contributed by atoms with E-state index in [1.54, 1.807) is 6.92 Å². The molecule has 1 aromatic rings. The van der Waals surface area contributed by atoms with Crippen molar-refractivity contribution in [1.82, 2.24) is 0 Å². The highest BCUT2D eigenvalue weighted by molar-refractivity contribution is 5.79. The van der Waals surface area contributed by atoms with Crippen molar-refractivity contribution < 1.29 is 14.3 Å². The summed E-state index contributed by atoms with van der Waals surface area (Å²) in [6.07, 6.45) is -0.449. The predicted octanol–water partition coefficient (Wildman–Crippen LogP) is 2.17. The van der Waals surface area contributed by atoms with Crippen molar-refractivity contribution in [3.63, 3.8) is 0 Å². The van der Waals surface area contributed by atoms with E-state index in [0.29, 0.717) is 6.61 Å².